The van der Waals surface area contributed by atoms with Crippen LogP contribution in [-0.2, 0) is 4.57 Å². The molecule has 0 aliphatic carbocycles. The van der Waals surface area contributed by atoms with Gasteiger partial charge in [0.2, 0.25) is 0 Å². The van der Waals surface area contributed by atoms with Crippen LogP contribution in [0.5, 0.6) is 5.75 Å². The molecule has 0 saturated heterocycles. The molecule has 4 N–H and O–H groups in total. The number of fused-ring (bicyclic) bond motifs is 1. The van der Waals surface area contributed by atoms with E-state index in [0.717, 1.165) is 11.3 Å². The second-order valence-corrected chi connectivity index (χ2v) is 5.29. The van der Waals surface area contributed by atoms with Crippen LogP contribution in [0, 0.1) is 0 Å². The minimum Gasteiger partial charge on any atom is -0.404 e. The van der Waals surface area contributed by atoms with Gasteiger partial charge in [-0.1, -0.05) is 0 Å². The average molecular weight is 274 g/mol. The van der Waals surface area contributed by atoms with Crippen LogP contribution in [0.4, 0.5) is 0 Å². The number of hydrogen-bond donors (Lipinski definition) is 3. The number of phosphoric ester groups is 1. The number of phosphoric acid groups is 1. The van der Waals surface area contributed by atoms with Gasteiger partial charge in [-0.2, -0.15) is 0 Å². The summed E-state index contributed by atoms with van der Waals surface area (Å²) in [5, 5.41) is 0.133. The molecule has 7 nitrogen and oxygen atoms in total. The Morgan fingerprint density at radius 1 is 1.47 bits per heavy atom. The van der Waals surface area contributed by atoms with Gasteiger partial charge in [0.05, 0.1) is 10.2 Å². The van der Waals surface area contributed by atoms with Crippen LogP contribution in [0.3, 0.4) is 0 Å². The average Bonchev–Trinajstić information content (AvgIpc) is 2.57. The maximum atomic E-state index is 10.9. The van der Waals surface area contributed by atoms with Crippen LogP contribution in [-0.4, -0.2) is 20.7 Å². The van der Waals surface area contributed by atoms with Crippen molar-refractivity contribution in [3.63, 3.8) is 0 Å². The predicted octanol–water partition coefficient (Wildman–Crippen LogP) is 0.867. The lowest BCUT2D eigenvalue weighted by Crippen LogP contribution is -2.09. The molecule has 0 unspecified atom stereocenters. The number of thiazole rings is 1. The summed E-state index contributed by atoms with van der Waals surface area (Å²) in [4.78, 5) is 32.1. The van der Waals surface area contributed by atoms with E-state index in [2.05, 4.69) is 9.51 Å². The fourth-order valence-corrected chi connectivity index (χ4v) is 2.44. The highest BCUT2D eigenvalue weighted by molar-refractivity contribution is 7.46. The van der Waals surface area contributed by atoms with Gasteiger partial charge in [0, 0.05) is 6.07 Å². The summed E-state index contributed by atoms with van der Waals surface area (Å²) >= 11 is 1.03. The van der Waals surface area contributed by atoms with Gasteiger partial charge in [-0.3, -0.25) is 14.6 Å². The Kier molecular flexibility index (Phi) is 2.88. The first-order chi connectivity index (χ1) is 7.85. The van der Waals surface area contributed by atoms with Gasteiger partial charge in [0.1, 0.15) is 5.75 Å². The van der Waals surface area contributed by atoms with Gasteiger partial charge in [-0.05, 0) is 12.1 Å². The lowest BCUT2D eigenvalue weighted by atomic mass is 10.3. The van der Waals surface area contributed by atoms with E-state index in [9.17, 15) is 9.36 Å². The Hall–Kier alpha value is -1.47. The number of nitrogens with zero attached hydrogens (tertiary/aromatic N) is 1. The Morgan fingerprint density at radius 2 is 2.18 bits per heavy atom. The Bertz CT molecular complexity index is 634. The number of primary amides is 1. The number of carbonyl (C=O) groups excluding carboxylic acids is 1. The summed E-state index contributed by atoms with van der Waals surface area (Å²) in [6.45, 7) is 0. The molecule has 1 aromatic heterocycles. The molecule has 0 spiro atoms. The van der Waals surface area contributed by atoms with E-state index in [0.29, 0.717) is 10.2 Å². The minimum atomic E-state index is -4.59. The maximum Gasteiger partial charge on any atom is 0.524 e. The van der Waals surface area contributed by atoms with E-state index in [4.69, 9.17) is 15.5 Å². The molecule has 0 aliphatic rings. The molecule has 9 heteroatoms. The number of aromatic nitrogens is 1. The highest BCUT2D eigenvalue weighted by atomic mass is 32.1. The van der Waals surface area contributed by atoms with Crippen LogP contribution in [0.25, 0.3) is 10.2 Å². The van der Waals surface area contributed by atoms with Crippen molar-refractivity contribution in [2.24, 2.45) is 5.73 Å². The zero-order valence-electron chi connectivity index (χ0n) is 8.23. The number of benzene rings is 1. The summed E-state index contributed by atoms with van der Waals surface area (Å²) in [5.41, 5.74) is 5.59. The van der Waals surface area contributed by atoms with Crippen molar-refractivity contribution in [2.45, 2.75) is 0 Å². The minimum absolute atomic E-state index is 0.00510. The zero-order chi connectivity index (χ0) is 12.6. The number of rotatable bonds is 3. The summed E-state index contributed by atoms with van der Waals surface area (Å²) in [7, 11) is -4.59. The van der Waals surface area contributed by atoms with Gasteiger partial charge in [0.15, 0.2) is 5.01 Å². The second-order valence-electron chi connectivity index (χ2n) is 3.09. The van der Waals surface area contributed by atoms with E-state index < -0.39 is 13.7 Å². The molecule has 17 heavy (non-hydrogen) atoms. The first-order valence-corrected chi connectivity index (χ1v) is 6.65. The van der Waals surface area contributed by atoms with E-state index in [1.54, 1.807) is 0 Å². The number of carbonyl (C=O) groups is 1. The Balaban J connectivity index is 2.43. The van der Waals surface area contributed by atoms with Gasteiger partial charge >= 0.3 is 7.82 Å². The SMILES string of the molecule is NC(=O)c1nc2ccc(OP(=O)(O)O)cc2s1. The molecular weight excluding hydrogens is 267 g/mol. The summed E-state index contributed by atoms with van der Waals surface area (Å²) in [6, 6.07) is 4.23. The monoisotopic (exact) mass is 274 g/mol. The number of amides is 1. The molecule has 0 bridgehead atoms. The summed E-state index contributed by atoms with van der Waals surface area (Å²) in [5.74, 6) is -0.644. The Morgan fingerprint density at radius 3 is 2.76 bits per heavy atom. The number of nitrogens with two attached hydrogens (primary N) is 1. The molecule has 1 heterocycles. The van der Waals surface area contributed by atoms with Crippen molar-refractivity contribution in [2.75, 3.05) is 0 Å². The van der Waals surface area contributed by atoms with Crippen LogP contribution in [0.15, 0.2) is 18.2 Å². The third-order valence-electron chi connectivity index (χ3n) is 1.80. The normalized spacial score (nSPS) is 11.6. The molecular formula is C8H7N2O5PS. The van der Waals surface area contributed by atoms with E-state index in [-0.39, 0.29) is 10.8 Å². The van der Waals surface area contributed by atoms with Crippen LogP contribution in [0.1, 0.15) is 9.80 Å². The second kappa shape index (κ2) is 4.08. The molecule has 90 valence electrons. The lowest BCUT2D eigenvalue weighted by Gasteiger charge is -2.05. The van der Waals surface area contributed by atoms with Gasteiger partial charge in [-0.15, -0.1) is 11.3 Å². The van der Waals surface area contributed by atoms with Crippen LogP contribution >= 0.6 is 19.2 Å². The third kappa shape index (κ3) is 2.80. The lowest BCUT2D eigenvalue weighted by molar-refractivity contribution is 0.1000. The van der Waals surface area contributed by atoms with E-state index in [1.807, 2.05) is 0 Å². The standard InChI is InChI=1S/C8H7N2O5PS/c9-7(11)8-10-5-2-1-4(3-6(5)17-8)15-16(12,13)14/h1-3H,(H2,9,11)(H2,12,13,14). The van der Waals surface area contributed by atoms with Crippen molar-refractivity contribution in [1.29, 1.82) is 0 Å². The molecule has 0 saturated carbocycles. The summed E-state index contributed by atoms with van der Waals surface area (Å²) < 4.78 is 15.6. The largest absolute Gasteiger partial charge is 0.524 e. The van der Waals surface area contributed by atoms with Crippen molar-refractivity contribution in [3.05, 3.63) is 23.2 Å². The van der Waals surface area contributed by atoms with Gasteiger partial charge in [-0.25, -0.2) is 9.55 Å². The fourth-order valence-electron chi connectivity index (χ4n) is 1.20. The first-order valence-electron chi connectivity index (χ1n) is 4.31. The van der Waals surface area contributed by atoms with Crippen molar-refractivity contribution < 1.29 is 23.7 Å². The van der Waals surface area contributed by atoms with Gasteiger partial charge in [0.25, 0.3) is 5.91 Å². The van der Waals surface area contributed by atoms with E-state index >= 15 is 0 Å². The maximum absolute atomic E-state index is 10.9. The molecule has 2 rings (SSSR count). The van der Waals surface area contributed by atoms with Crippen molar-refractivity contribution in [1.82, 2.24) is 4.98 Å². The highest BCUT2D eigenvalue weighted by Crippen LogP contribution is 2.38. The molecule has 0 aliphatic heterocycles. The molecule has 0 atom stereocenters. The number of hydrogen-bond acceptors (Lipinski definition) is 5. The van der Waals surface area contributed by atoms with Gasteiger partial charge < -0.3 is 10.3 Å². The third-order valence-corrected chi connectivity index (χ3v) is 3.28. The molecule has 0 fully saturated rings. The predicted molar refractivity (Wildman–Crippen MR) is 60.8 cm³/mol. The molecule has 1 amide bonds. The molecule has 2 aromatic rings. The molecule has 0 radical (unpaired) electrons. The first kappa shape index (κ1) is 12.0. The van der Waals surface area contributed by atoms with E-state index in [1.165, 1.54) is 18.2 Å². The quantitative estimate of drug-likeness (QED) is 0.713. The fraction of sp³-hybridized carbons (Fsp3) is 0. The van der Waals surface area contributed by atoms with Crippen molar-refractivity contribution >= 4 is 35.3 Å². The topological polar surface area (TPSA) is 123 Å². The van der Waals surface area contributed by atoms with Crippen molar-refractivity contribution in [3.8, 4) is 5.75 Å². The highest BCUT2D eigenvalue weighted by Gasteiger charge is 2.17. The smallest absolute Gasteiger partial charge is 0.404 e. The zero-order valence-corrected chi connectivity index (χ0v) is 9.94. The summed E-state index contributed by atoms with van der Waals surface area (Å²) in [6.07, 6.45) is 0. The van der Waals surface area contributed by atoms with Crippen LogP contribution < -0.4 is 10.3 Å². The Labute approximate surface area is 99.1 Å². The molecule has 1 aromatic carbocycles. The van der Waals surface area contributed by atoms with Crippen LogP contribution in [0.2, 0.25) is 0 Å².